The monoisotopic (exact) mass is 469 g/mol. The fourth-order valence-corrected chi connectivity index (χ4v) is 4.73. The minimum Gasteiger partial charge on any atom is -0.444 e. The van der Waals surface area contributed by atoms with Crippen LogP contribution in [0.2, 0.25) is 0 Å². The number of carbonyl (C=O) groups is 1. The van der Waals surface area contributed by atoms with Crippen molar-refractivity contribution in [3.8, 4) is 0 Å². The molecule has 0 spiro atoms. The van der Waals surface area contributed by atoms with E-state index >= 15 is 0 Å². The van der Waals surface area contributed by atoms with Gasteiger partial charge >= 0.3 is 6.09 Å². The van der Waals surface area contributed by atoms with Crippen molar-refractivity contribution in [2.45, 2.75) is 96.8 Å². The molecule has 8 nitrogen and oxygen atoms in total. The van der Waals surface area contributed by atoms with Gasteiger partial charge in [0.15, 0.2) is 0 Å². The van der Waals surface area contributed by atoms with Crippen molar-refractivity contribution in [1.82, 2.24) is 19.5 Å². The molecule has 3 heterocycles. The maximum atomic E-state index is 12.5. The number of aliphatic hydroxyl groups excluding tert-OH is 1. The molecule has 186 valence electrons. The molecule has 1 fully saturated rings. The van der Waals surface area contributed by atoms with Crippen molar-refractivity contribution in [1.29, 1.82) is 0 Å². The average Bonchev–Trinajstić information content (AvgIpc) is 3.17. The first-order valence-electron chi connectivity index (χ1n) is 12.6. The average molecular weight is 470 g/mol. The molecular formula is C26H39N5O3. The normalized spacial score (nSPS) is 22.4. The van der Waals surface area contributed by atoms with Crippen LogP contribution in [-0.4, -0.2) is 61.5 Å². The van der Waals surface area contributed by atoms with Gasteiger partial charge in [0, 0.05) is 36.3 Å². The predicted molar refractivity (Wildman–Crippen MR) is 134 cm³/mol. The van der Waals surface area contributed by atoms with Crippen LogP contribution in [0.25, 0.3) is 11.1 Å². The number of rotatable bonds is 5. The summed E-state index contributed by atoms with van der Waals surface area (Å²) in [6.45, 7) is 11.1. The van der Waals surface area contributed by atoms with E-state index < -0.39 is 5.60 Å². The number of ether oxygens (including phenoxy) is 1. The fourth-order valence-electron chi connectivity index (χ4n) is 4.73. The van der Waals surface area contributed by atoms with Gasteiger partial charge in [-0.25, -0.2) is 14.3 Å². The van der Waals surface area contributed by atoms with Gasteiger partial charge in [0.25, 0.3) is 0 Å². The highest BCUT2D eigenvalue weighted by Crippen LogP contribution is 2.37. The molecule has 2 N–H and O–H groups in total. The summed E-state index contributed by atoms with van der Waals surface area (Å²) in [7, 11) is 0. The number of nitrogens with zero attached hydrogens (tertiary/aromatic N) is 4. The summed E-state index contributed by atoms with van der Waals surface area (Å²) in [4.78, 5) is 18.8. The van der Waals surface area contributed by atoms with Gasteiger partial charge in [0.05, 0.1) is 17.8 Å². The van der Waals surface area contributed by atoms with Gasteiger partial charge in [-0.2, -0.15) is 0 Å². The van der Waals surface area contributed by atoms with E-state index in [1.165, 1.54) is 11.3 Å². The number of nitrogens with one attached hydrogen (secondary N) is 1. The summed E-state index contributed by atoms with van der Waals surface area (Å²) in [5.74, 6) is 0.994. The number of aromatic nitrogens is 3. The first-order valence-corrected chi connectivity index (χ1v) is 12.6. The van der Waals surface area contributed by atoms with Crippen LogP contribution < -0.4 is 5.32 Å². The van der Waals surface area contributed by atoms with Crippen molar-refractivity contribution in [3.63, 3.8) is 0 Å². The summed E-state index contributed by atoms with van der Waals surface area (Å²) < 4.78 is 7.59. The van der Waals surface area contributed by atoms with E-state index in [4.69, 9.17) is 9.84 Å². The molecule has 0 aromatic carbocycles. The predicted octanol–water partition coefficient (Wildman–Crippen LogP) is 4.98. The highest BCUT2D eigenvalue weighted by Gasteiger charge is 2.28. The van der Waals surface area contributed by atoms with Crippen LogP contribution in [0, 0.1) is 0 Å². The van der Waals surface area contributed by atoms with Crippen LogP contribution in [0.4, 0.5) is 10.7 Å². The lowest BCUT2D eigenvalue weighted by molar-refractivity contribution is 0.0270. The van der Waals surface area contributed by atoms with Gasteiger partial charge < -0.3 is 20.1 Å². The van der Waals surface area contributed by atoms with Crippen molar-refractivity contribution < 1.29 is 14.6 Å². The zero-order valence-corrected chi connectivity index (χ0v) is 21.2. The molecule has 0 bridgehead atoms. The molecule has 2 aromatic rings. The van der Waals surface area contributed by atoms with Crippen LogP contribution in [0.15, 0.2) is 18.3 Å². The molecule has 0 radical (unpaired) electrons. The maximum absolute atomic E-state index is 12.5. The number of hydrogen-bond acceptors (Lipinski definition) is 6. The quantitative estimate of drug-likeness (QED) is 0.641. The first-order chi connectivity index (χ1) is 16.1. The molecule has 2 aromatic heterocycles. The van der Waals surface area contributed by atoms with Crippen molar-refractivity contribution >= 4 is 23.1 Å². The van der Waals surface area contributed by atoms with E-state index in [-0.39, 0.29) is 12.2 Å². The van der Waals surface area contributed by atoms with Crippen LogP contribution in [0.3, 0.4) is 0 Å². The number of carbonyl (C=O) groups excluding carboxylic acids is 1. The topological polar surface area (TPSA) is 92.0 Å². The summed E-state index contributed by atoms with van der Waals surface area (Å²) >= 11 is 0. The van der Waals surface area contributed by atoms with Gasteiger partial charge in [-0.05, 0) is 77.9 Å². The molecule has 1 aliphatic carbocycles. The summed E-state index contributed by atoms with van der Waals surface area (Å²) in [5.41, 5.74) is 4.03. The first kappa shape index (κ1) is 24.5. The number of aliphatic hydroxyl groups is 1. The molecule has 4 rings (SSSR count). The fraction of sp³-hybridized carbons (Fsp3) is 0.654. The molecule has 8 heteroatoms. The molecule has 1 unspecified atom stereocenters. The third-order valence-corrected chi connectivity index (χ3v) is 6.85. The van der Waals surface area contributed by atoms with E-state index in [0.717, 1.165) is 49.6 Å². The summed E-state index contributed by atoms with van der Waals surface area (Å²) in [6, 6.07) is 2.55. The van der Waals surface area contributed by atoms with Crippen molar-refractivity contribution in [3.05, 3.63) is 29.6 Å². The standard InChI is InChI=1S/C26H39N5O3/c1-6-17(2)28-24-27-16-23-21(15-22(31(23)29-24)19-7-9-20(32)10-8-19)18-11-13-30(14-12-18)25(33)34-26(3,4)5/h11,15-17,19-20,32H,6-10,12-14H2,1-5H3,(H,28,29). The maximum Gasteiger partial charge on any atom is 0.410 e. The van der Waals surface area contributed by atoms with E-state index in [9.17, 15) is 9.90 Å². The van der Waals surface area contributed by atoms with Crippen LogP contribution in [0.1, 0.15) is 90.3 Å². The highest BCUT2D eigenvalue weighted by molar-refractivity contribution is 5.81. The zero-order chi connectivity index (χ0) is 24.5. The Morgan fingerprint density at radius 2 is 2.03 bits per heavy atom. The lowest BCUT2D eigenvalue weighted by Gasteiger charge is -2.29. The molecular weight excluding hydrogens is 430 g/mol. The molecule has 1 aliphatic heterocycles. The zero-order valence-electron chi connectivity index (χ0n) is 21.2. The van der Waals surface area contributed by atoms with Crippen LogP contribution >= 0.6 is 0 Å². The van der Waals surface area contributed by atoms with Crippen LogP contribution in [0.5, 0.6) is 0 Å². The van der Waals surface area contributed by atoms with Gasteiger partial charge in [-0.1, -0.05) is 13.0 Å². The number of anilines is 1. The Labute approximate surface area is 202 Å². The van der Waals surface area contributed by atoms with Gasteiger partial charge in [-0.3, -0.25) is 0 Å². The minimum absolute atomic E-state index is 0.195. The largest absolute Gasteiger partial charge is 0.444 e. The Balaban J connectivity index is 1.64. The highest BCUT2D eigenvalue weighted by atomic mass is 16.6. The number of fused-ring (bicyclic) bond motifs is 1. The second-order valence-corrected chi connectivity index (χ2v) is 10.7. The number of hydrogen-bond donors (Lipinski definition) is 2. The second-order valence-electron chi connectivity index (χ2n) is 10.7. The van der Waals surface area contributed by atoms with E-state index in [1.807, 2.05) is 27.0 Å². The molecule has 1 atom stereocenters. The van der Waals surface area contributed by atoms with E-state index in [2.05, 4.69) is 40.8 Å². The van der Waals surface area contributed by atoms with Crippen molar-refractivity contribution in [2.75, 3.05) is 18.4 Å². The second kappa shape index (κ2) is 9.94. The molecule has 2 aliphatic rings. The molecule has 34 heavy (non-hydrogen) atoms. The van der Waals surface area contributed by atoms with Crippen LogP contribution in [-0.2, 0) is 4.74 Å². The third kappa shape index (κ3) is 5.54. The smallest absolute Gasteiger partial charge is 0.410 e. The molecule has 1 amide bonds. The Morgan fingerprint density at radius 1 is 1.29 bits per heavy atom. The van der Waals surface area contributed by atoms with Gasteiger partial charge in [-0.15, -0.1) is 5.10 Å². The third-order valence-electron chi connectivity index (χ3n) is 6.85. The number of amides is 1. The Kier molecular flexibility index (Phi) is 7.17. The Morgan fingerprint density at radius 3 is 2.65 bits per heavy atom. The van der Waals surface area contributed by atoms with E-state index in [1.54, 1.807) is 4.90 Å². The van der Waals surface area contributed by atoms with Gasteiger partial charge in [0.2, 0.25) is 5.95 Å². The minimum atomic E-state index is -0.500. The van der Waals surface area contributed by atoms with E-state index in [0.29, 0.717) is 31.0 Å². The lowest BCUT2D eigenvalue weighted by Crippen LogP contribution is -2.39. The SMILES string of the molecule is CCC(C)Nc1ncc2c(C3=CCN(C(=O)OC(C)(C)C)CC3)cc(C3CCC(O)CC3)n2n1. The van der Waals surface area contributed by atoms with Gasteiger partial charge in [0.1, 0.15) is 5.60 Å². The lowest BCUT2D eigenvalue weighted by atomic mass is 9.85. The van der Waals surface area contributed by atoms with Crippen molar-refractivity contribution in [2.24, 2.45) is 0 Å². The Bertz CT molecular complexity index is 1050. The molecule has 0 saturated heterocycles. The molecule has 1 saturated carbocycles. The summed E-state index contributed by atoms with van der Waals surface area (Å²) in [6.07, 6.45) is 8.88. The summed E-state index contributed by atoms with van der Waals surface area (Å²) in [5, 5.41) is 18.3. The Hall–Kier alpha value is -2.61.